The number of benzene rings is 1. The molecule has 0 amide bonds. The minimum atomic E-state index is -3.20. The predicted octanol–water partition coefficient (Wildman–Crippen LogP) is 2.47. The van der Waals surface area contributed by atoms with Crippen molar-refractivity contribution in [3.8, 4) is 0 Å². The van der Waals surface area contributed by atoms with Crippen LogP contribution in [0.5, 0.6) is 0 Å². The number of rotatable bonds is 8. The molecule has 1 aromatic carbocycles. The van der Waals surface area contributed by atoms with E-state index >= 15 is 0 Å². The lowest BCUT2D eigenvalue weighted by molar-refractivity contribution is 0.545. The summed E-state index contributed by atoms with van der Waals surface area (Å²) in [6.07, 6.45) is 1.83. The van der Waals surface area contributed by atoms with Gasteiger partial charge in [-0.2, -0.15) is 0 Å². The van der Waals surface area contributed by atoms with E-state index in [1.54, 1.807) is 0 Å². The highest BCUT2D eigenvalue weighted by Crippen LogP contribution is 2.24. The zero-order valence-corrected chi connectivity index (χ0v) is 13.1. The lowest BCUT2D eigenvalue weighted by Gasteiger charge is -2.13. The summed E-state index contributed by atoms with van der Waals surface area (Å²) in [5.41, 5.74) is 6.50. The number of nitrogens with one attached hydrogen (secondary N) is 1. The predicted molar refractivity (Wildman–Crippen MR) is 82.9 cm³/mol. The molecule has 0 radical (unpaired) electrons. The van der Waals surface area contributed by atoms with Crippen molar-refractivity contribution in [2.45, 2.75) is 37.6 Å². The average molecular weight is 302 g/mol. The molecule has 3 N–H and O–H groups in total. The summed E-state index contributed by atoms with van der Waals surface area (Å²) in [7, 11) is -3.20. The Bertz CT molecular complexity index is 489. The van der Waals surface area contributed by atoms with E-state index in [0.717, 1.165) is 17.7 Å². The van der Waals surface area contributed by atoms with E-state index in [4.69, 9.17) is 5.73 Å². The van der Waals surface area contributed by atoms with E-state index in [0.29, 0.717) is 11.4 Å². The Kier molecular flexibility index (Phi) is 6.68. The van der Waals surface area contributed by atoms with Crippen molar-refractivity contribution in [3.05, 3.63) is 24.3 Å². The van der Waals surface area contributed by atoms with Crippen LogP contribution in [0.3, 0.4) is 0 Å². The van der Waals surface area contributed by atoms with Gasteiger partial charge in [-0.05, 0) is 25.5 Å². The fourth-order valence-corrected chi connectivity index (χ4v) is 4.42. The number of hydrogen-bond donors (Lipinski definition) is 2. The Labute approximate surface area is 120 Å². The molecule has 0 bridgehead atoms. The Morgan fingerprint density at radius 2 is 2.05 bits per heavy atom. The number of thioether (sulfide) groups is 1. The van der Waals surface area contributed by atoms with Crippen LogP contribution in [0.1, 0.15) is 26.7 Å². The first-order valence-electron chi connectivity index (χ1n) is 6.42. The molecule has 0 aliphatic heterocycles. The maximum Gasteiger partial charge on any atom is 0.212 e. The molecule has 0 aliphatic carbocycles. The molecular weight excluding hydrogens is 280 g/mol. The van der Waals surface area contributed by atoms with Crippen LogP contribution >= 0.6 is 11.8 Å². The van der Waals surface area contributed by atoms with Gasteiger partial charge in [0.25, 0.3) is 0 Å². The Morgan fingerprint density at radius 3 is 2.68 bits per heavy atom. The van der Waals surface area contributed by atoms with Gasteiger partial charge in [0.1, 0.15) is 0 Å². The highest BCUT2D eigenvalue weighted by atomic mass is 32.2. The van der Waals surface area contributed by atoms with Gasteiger partial charge in [-0.15, -0.1) is 11.8 Å². The summed E-state index contributed by atoms with van der Waals surface area (Å²) in [5, 5.41) is 0. The van der Waals surface area contributed by atoms with Crippen molar-refractivity contribution in [1.82, 2.24) is 4.72 Å². The van der Waals surface area contributed by atoms with Gasteiger partial charge in [0.2, 0.25) is 10.0 Å². The van der Waals surface area contributed by atoms with E-state index in [1.165, 1.54) is 11.8 Å². The zero-order chi connectivity index (χ0) is 14.3. The minimum absolute atomic E-state index is 0.00166. The molecule has 19 heavy (non-hydrogen) atoms. The van der Waals surface area contributed by atoms with Crippen molar-refractivity contribution in [3.63, 3.8) is 0 Å². The van der Waals surface area contributed by atoms with Crippen LogP contribution in [0.15, 0.2) is 29.2 Å². The van der Waals surface area contributed by atoms with E-state index < -0.39 is 10.0 Å². The largest absolute Gasteiger partial charge is 0.398 e. The second kappa shape index (κ2) is 7.77. The second-order valence-corrected chi connectivity index (χ2v) is 7.52. The molecule has 1 aromatic rings. The van der Waals surface area contributed by atoms with Gasteiger partial charge in [-0.25, -0.2) is 13.1 Å². The molecule has 0 spiro atoms. The van der Waals surface area contributed by atoms with Crippen LogP contribution in [0.4, 0.5) is 5.69 Å². The SMILES string of the molecule is CCCC(C)NS(=O)(=O)CCSc1ccccc1N. The molecule has 1 atom stereocenters. The fraction of sp³-hybridized carbons (Fsp3) is 0.538. The summed E-state index contributed by atoms with van der Waals surface area (Å²) < 4.78 is 26.4. The van der Waals surface area contributed by atoms with Crippen LogP contribution in [-0.4, -0.2) is 26.0 Å². The minimum Gasteiger partial charge on any atom is -0.398 e. The first kappa shape index (κ1) is 16.3. The van der Waals surface area contributed by atoms with Gasteiger partial charge in [-0.3, -0.25) is 0 Å². The van der Waals surface area contributed by atoms with Crippen molar-refractivity contribution in [2.24, 2.45) is 0 Å². The highest BCUT2D eigenvalue weighted by molar-refractivity contribution is 8.00. The third kappa shape index (κ3) is 6.31. The maximum atomic E-state index is 11.8. The standard InChI is InChI=1S/C13H22N2O2S2/c1-3-6-11(2)15-19(16,17)10-9-18-13-8-5-4-7-12(13)14/h4-5,7-8,11,15H,3,6,9-10,14H2,1-2H3. The van der Waals surface area contributed by atoms with Crippen LogP contribution in [-0.2, 0) is 10.0 Å². The molecule has 1 unspecified atom stereocenters. The number of nitrogens with two attached hydrogens (primary N) is 1. The zero-order valence-electron chi connectivity index (χ0n) is 11.4. The lowest BCUT2D eigenvalue weighted by atomic mass is 10.2. The number of para-hydroxylation sites is 1. The Balaban J connectivity index is 2.42. The topological polar surface area (TPSA) is 72.2 Å². The summed E-state index contributed by atoms with van der Waals surface area (Å²) >= 11 is 1.47. The van der Waals surface area contributed by atoms with E-state index in [-0.39, 0.29) is 11.8 Å². The van der Waals surface area contributed by atoms with Crippen molar-refractivity contribution < 1.29 is 8.42 Å². The van der Waals surface area contributed by atoms with Crippen LogP contribution in [0, 0.1) is 0 Å². The van der Waals surface area contributed by atoms with Crippen molar-refractivity contribution >= 4 is 27.5 Å². The monoisotopic (exact) mass is 302 g/mol. The number of nitrogen functional groups attached to an aromatic ring is 1. The lowest BCUT2D eigenvalue weighted by Crippen LogP contribution is -2.34. The van der Waals surface area contributed by atoms with Crippen LogP contribution in [0.2, 0.25) is 0 Å². The molecular formula is C13H22N2O2S2. The Morgan fingerprint density at radius 1 is 1.37 bits per heavy atom. The molecule has 0 aliphatic rings. The van der Waals surface area contributed by atoms with E-state index in [2.05, 4.69) is 4.72 Å². The van der Waals surface area contributed by atoms with Crippen LogP contribution < -0.4 is 10.5 Å². The first-order valence-corrected chi connectivity index (χ1v) is 9.05. The van der Waals surface area contributed by atoms with Gasteiger partial charge in [0.05, 0.1) is 5.75 Å². The maximum absolute atomic E-state index is 11.8. The van der Waals surface area contributed by atoms with E-state index in [9.17, 15) is 8.42 Å². The normalized spacial score (nSPS) is 13.4. The van der Waals surface area contributed by atoms with Gasteiger partial charge in [-0.1, -0.05) is 25.5 Å². The van der Waals surface area contributed by atoms with Gasteiger partial charge < -0.3 is 5.73 Å². The highest BCUT2D eigenvalue weighted by Gasteiger charge is 2.14. The van der Waals surface area contributed by atoms with E-state index in [1.807, 2.05) is 38.1 Å². The third-order valence-corrected chi connectivity index (χ3v) is 5.48. The number of anilines is 1. The van der Waals surface area contributed by atoms with Crippen molar-refractivity contribution in [2.75, 3.05) is 17.2 Å². The summed E-state index contributed by atoms with van der Waals surface area (Å²) in [6.45, 7) is 3.93. The number of hydrogen-bond acceptors (Lipinski definition) is 4. The molecule has 108 valence electrons. The third-order valence-electron chi connectivity index (χ3n) is 2.63. The van der Waals surface area contributed by atoms with Gasteiger partial charge in [0.15, 0.2) is 0 Å². The molecule has 0 saturated carbocycles. The Hall–Kier alpha value is -0.720. The smallest absolute Gasteiger partial charge is 0.212 e. The second-order valence-electron chi connectivity index (χ2n) is 4.51. The molecule has 0 aromatic heterocycles. The molecule has 4 nitrogen and oxygen atoms in total. The molecule has 6 heteroatoms. The number of sulfonamides is 1. The molecule has 0 saturated heterocycles. The average Bonchev–Trinajstić information content (AvgIpc) is 2.31. The first-order chi connectivity index (χ1) is 8.94. The quantitative estimate of drug-likeness (QED) is 0.571. The van der Waals surface area contributed by atoms with Crippen LogP contribution in [0.25, 0.3) is 0 Å². The molecule has 0 fully saturated rings. The summed E-state index contributed by atoms with van der Waals surface area (Å²) in [4.78, 5) is 0.930. The summed E-state index contributed by atoms with van der Waals surface area (Å²) in [6, 6.07) is 7.48. The van der Waals surface area contributed by atoms with Gasteiger partial charge >= 0.3 is 0 Å². The fourth-order valence-electron chi connectivity index (χ4n) is 1.73. The van der Waals surface area contributed by atoms with Crippen molar-refractivity contribution in [1.29, 1.82) is 0 Å². The summed E-state index contributed by atoms with van der Waals surface area (Å²) in [5.74, 6) is 0.614. The molecule has 1 rings (SSSR count). The molecule has 0 heterocycles. The van der Waals surface area contributed by atoms with Gasteiger partial charge in [0, 0.05) is 22.4 Å².